The number of fused-ring (bicyclic) bond motifs is 6. The lowest BCUT2D eigenvalue weighted by atomic mass is 9.78. The molecule has 10 nitrogen and oxygen atoms in total. The first kappa shape index (κ1) is 39.3. The van der Waals surface area contributed by atoms with Crippen molar-refractivity contribution in [3.63, 3.8) is 0 Å². The summed E-state index contributed by atoms with van der Waals surface area (Å²) in [7, 11) is -2.40. The van der Waals surface area contributed by atoms with E-state index in [2.05, 4.69) is 30.9 Å². The Kier molecular flexibility index (Phi) is 9.70. The Morgan fingerprint density at radius 1 is 0.714 bits per heavy atom. The largest absolute Gasteiger partial charge is 0.494 e. The molecule has 0 unspecified atom stereocenters. The molecule has 5 heterocycles. The van der Waals surface area contributed by atoms with E-state index in [1.165, 1.54) is 23.3 Å². The Balaban J connectivity index is 0.000000164. The van der Waals surface area contributed by atoms with Gasteiger partial charge >= 0.3 is 21.2 Å². The van der Waals surface area contributed by atoms with Gasteiger partial charge in [0, 0.05) is 28.1 Å². The number of halogens is 5. The highest BCUT2D eigenvalue weighted by atomic mass is 79.9. The maximum atomic E-state index is 14.1. The van der Waals surface area contributed by atoms with Gasteiger partial charge in [-0.25, -0.2) is 27.5 Å². The van der Waals surface area contributed by atoms with Crippen LogP contribution < -0.4 is 5.46 Å². The number of aromatic nitrogens is 4. The van der Waals surface area contributed by atoms with Crippen LogP contribution in [0.4, 0.5) is 17.6 Å². The fraction of sp³-hybridized carbons (Fsp3) is 0.421. The molecule has 2 atom stereocenters. The normalized spacial score (nSPS) is 23.1. The van der Waals surface area contributed by atoms with Crippen LogP contribution in [0.1, 0.15) is 64.3 Å². The topological polar surface area (TPSA) is 123 Å². The maximum Gasteiger partial charge on any atom is 0.494 e. The summed E-state index contributed by atoms with van der Waals surface area (Å²) in [4.78, 5) is 18.4. The van der Waals surface area contributed by atoms with Crippen molar-refractivity contribution in [2.24, 2.45) is 0 Å². The zero-order chi connectivity index (χ0) is 40.1. The van der Waals surface area contributed by atoms with E-state index in [9.17, 15) is 27.6 Å². The van der Waals surface area contributed by atoms with Crippen molar-refractivity contribution in [3.05, 3.63) is 76.8 Å². The molecule has 3 aliphatic heterocycles. The summed E-state index contributed by atoms with van der Waals surface area (Å²) >= 11 is 3.45. The van der Waals surface area contributed by atoms with Crippen LogP contribution in [0.5, 0.6) is 0 Å². The Hall–Kier alpha value is -3.51. The Bertz CT molecular complexity index is 2450. The van der Waals surface area contributed by atoms with Crippen LogP contribution in [0.3, 0.4) is 0 Å². The summed E-state index contributed by atoms with van der Waals surface area (Å²) in [5, 5.41) is 23.7. The van der Waals surface area contributed by atoms with Crippen LogP contribution >= 0.6 is 15.9 Å². The lowest BCUT2D eigenvalue weighted by Gasteiger charge is -2.32. The van der Waals surface area contributed by atoms with Gasteiger partial charge in [0.05, 0.1) is 58.4 Å². The van der Waals surface area contributed by atoms with Gasteiger partial charge in [-0.1, -0.05) is 52.3 Å². The molecule has 3 aliphatic rings. The smallest absolute Gasteiger partial charge is 0.437 e. The van der Waals surface area contributed by atoms with Crippen LogP contribution in [0.15, 0.2) is 65.1 Å². The van der Waals surface area contributed by atoms with Crippen molar-refractivity contribution >= 4 is 86.2 Å². The number of rotatable bonds is 5. The Morgan fingerprint density at radius 2 is 1.16 bits per heavy atom. The number of hydrogen-bond donors (Lipinski definition) is 4. The number of aromatic amines is 2. The predicted molar refractivity (Wildman–Crippen MR) is 216 cm³/mol. The minimum Gasteiger partial charge on any atom is -0.437 e. The summed E-state index contributed by atoms with van der Waals surface area (Å²) < 4.78 is 69.2. The van der Waals surface area contributed by atoms with E-state index in [1.807, 2.05) is 88.4 Å². The summed E-state index contributed by atoms with van der Waals surface area (Å²) in [6.07, 6.45) is -0.719. The van der Waals surface area contributed by atoms with Crippen molar-refractivity contribution in [1.29, 1.82) is 0 Å². The number of nitrogens with one attached hydrogen (secondary N) is 2. The fourth-order valence-electron chi connectivity index (χ4n) is 8.05. The molecule has 2 aromatic heterocycles. The zero-order valence-corrected chi connectivity index (χ0v) is 33.5. The van der Waals surface area contributed by atoms with Gasteiger partial charge in [-0.15, -0.1) is 0 Å². The van der Waals surface area contributed by atoms with Crippen LogP contribution in [-0.2, 0) is 9.31 Å². The minimum atomic E-state index is -2.86. The van der Waals surface area contributed by atoms with Gasteiger partial charge in [0.25, 0.3) is 11.8 Å². The highest BCUT2D eigenvalue weighted by Crippen LogP contribution is 2.43. The van der Waals surface area contributed by atoms with Crippen molar-refractivity contribution < 1.29 is 36.9 Å². The minimum absolute atomic E-state index is 0.346. The third-order valence-electron chi connectivity index (χ3n) is 11.7. The first-order chi connectivity index (χ1) is 26.2. The van der Waals surface area contributed by atoms with Crippen molar-refractivity contribution in [2.45, 2.75) is 89.3 Å². The molecule has 18 heteroatoms. The molecule has 0 amide bonds. The molecular weight excluding hydrogens is 793 g/mol. The average Bonchev–Trinajstić information content (AvgIpc) is 3.92. The summed E-state index contributed by atoms with van der Waals surface area (Å²) in [6, 6.07) is 18.3. The summed E-state index contributed by atoms with van der Waals surface area (Å²) in [6.45, 7) is 10.1. The molecule has 0 spiro atoms. The van der Waals surface area contributed by atoms with Gasteiger partial charge in [-0.2, -0.15) is 0 Å². The van der Waals surface area contributed by atoms with E-state index in [1.54, 1.807) is 0 Å². The molecule has 9 rings (SSSR count). The van der Waals surface area contributed by atoms with Crippen LogP contribution in [0.2, 0.25) is 13.6 Å². The molecular formula is C38H42B3BrF4N6O4. The van der Waals surface area contributed by atoms with Crippen LogP contribution in [-0.4, -0.2) is 97.0 Å². The fourth-order valence-corrected chi connectivity index (χ4v) is 8.43. The van der Waals surface area contributed by atoms with E-state index < -0.39 is 69.4 Å². The molecule has 4 aromatic carbocycles. The van der Waals surface area contributed by atoms with E-state index in [4.69, 9.17) is 14.3 Å². The average molecular weight is 835 g/mol. The Labute approximate surface area is 330 Å². The van der Waals surface area contributed by atoms with Crippen LogP contribution in [0.25, 0.3) is 43.6 Å². The van der Waals surface area contributed by atoms with Crippen molar-refractivity contribution in [3.8, 4) is 0 Å². The highest BCUT2D eigenvalue weighted by Gasteiger charge is 2.52. The van der Waals surface area contributed by atoms with E-state index >= 15 is 0 Å². The molecule has 6 aromatic rings. The van der Waals surface area contributed by atoms with Gasteiger partial charge in [-0.3, -0.25) is 0 Å². The van der Waals surface area contributed by atoms with Gasteiger partial charge in [-0.05, 0) is 81.8 Å². The predicted octanol–water partition coefficient (Wildman–Crippen LogP) is 7.48. The lowest BCUT2D eigenvalue weighted by molar-refractivity contribution is 0.00578. The second kappa shape index (κ2) is 13.8. The quantitative estimate of drug-likeness (QED) is 0.104. The van der Waals surface area contributed by atoms with Gasteiger partial charge in [0.15, 0.2) is 0 Å². The van der Waals surface area contributed by atoms with E-state index in [0.29, 0.717) is 11.6 Å². The molecule has 56 heavy (non-hydrogen) atoms. The third kappa shape index (κ3) is 7.15. The summed E-state index contributed by atoms with van der Waals surface area (Å²) in [5.74, 6) is -4.77. The second-order valence-corrected chi connectivity index (χ2v) is 17.3. The van der Waals surface area contributed by atoms with Crippen LogP contribution in [0, 0.1) is 0 Å². The van der Waals surface area contributed by atoms with Crippen molar-refractivity contribution in [1.82, 2.24) is 29.6 Å². The highest BCUT2D eigenvalue weighted by molar-refractivity contribution is 9.10. The molecule has 0 radical (unpaired) electrons. The van der Waals surface area contributed by atoms with Gasteiger partial charge in [0.2, 0.25) is 0 Å². The Morgan fingerprint density at radius 3 is 1.62 bits per heavy atom. The second-order valence-electron chi connectivity index (χ2n) is 16.4. The number of alkyl halides is 4. The van der Waals surface area contributed by atoms with Crippen molar-refractivity contribution in [2.75, 3.05) is 13.1 Å². The number of imidazole rings is 2. The SMILES string of the molecule is CB(O)N1CC(F)(F)C[C@H]1c1nc2c(ccc3cc(B4OC(C)(C)C(C)(C)O4)ccc32)[nH]1.CB(O)N1CC(F)(F)C[C@H]1c1nc2c(ccc3cc(Br)ccc32)[nH]1. The molecule has 3 fully saturated rings. The maximum absolute atomic E-state index is 14.1. The standard InChI is InChI=1S/C22H27B2F2N3O3.C16H15BBrF2N3O/c1-20(2)21(3,4)32-24(31-20)14-7-8-15-13(10-14)6-9-16-18(15)28-19(27-16)17-11-22(25,26)12-29(17)23(5)30;1-17(24)23-8-16(19,20)7-13(23)15-21-12-5-2-9-6-10(18)3-4-11(9)14(12)22-15/h6-10,17,30H,11-12H2,1-5H3,(H,27,28);2-6,13,24H,7-8H2,1H3,(H,21,22)/t17-;13-/m00/s1. The molecule has 0 aliphatic carbocycles. The number of nitrogens with zero attached hydrogens (tertiary/aromatic N) is 4. The monoisotopic (exact) mass is 834 g/mol. The molecule has 0 saturated carbocycles. The molecule has 4 N–H and O–H groups in total. The first-order valence-electron chi connectivity index (χ1n) is 18.7. The molecule has 292 valence electrons. The lowest BCUT2D eigenvalue weighted by Crippen LogP contribution is -2.41. The summed E-state index contributed by atoms with van der Waals surface area (Å²) in [5.41, 5.74) is 3.13. The van der Waals surface area contributed by atoms with E-state index in [0.717, 1.165) is 53.5 Å². The van der Waals surface area contributed by atoms with Gasteiger partial charge in [0.1, 0.15) is 11.6 Å². The van der Waals surface area contributed by atoms with E-state index in [-0.39, 0.29) is 12.8 Å². The number of benzene rings is 4. The van der Waals surface area contributed by atoms with Gasteiger partial charge < -0.3 is 38.9 Å². The number of H-pyrrole nitrogens is 2. The zero-order valence-electron chi connectivity index (χ0n) is 31.9. The number of hydrogen-bond acceptors (Lipinski definition) is 8. The third-order valence-corrected chi connectivity index (χ3v) is 12.2. The molecule has 3 saturated heterocycles. The molecule has 0 bridgehead atoms. The first-order valence-corrected chi connectivity index (χ1v) is 19.5.